The second-order valence-corrected chi connectivity index (χ2v) is 21.4. The second kappa shape index (κ2) is 16.1. The number of phenols is 1. The molecule has 0 unspecified atom stereocenters. The van der Waals surface area contributed by atoms with Gasteiger partial charge in [0.15, 0.2) is 0 Å². The van der Waals surface area contributed by atoms with Crippen molar-refractivity contribution in [2.45, 2.75) is 89.3 Å². The van der Waals surface area contributed by atoms with Crippen molar-refractivity contribution in [1.82, 2.24) is 9.88 Å². The van der Waals surface area contributed by atoms with E-state index in [-0.39, 0.29) is 40.7 Å². The molecule has 2 aliphatic heterocycles. The molecule has 56 heavy (non-hydrogen) atoms. The zero-order valence-electron chi connectivity index (χ0n) is 32.9. The summed E-state index contributed by atoms with van der Waals surface area (Å²) in [5.74, 6) is -0.749. The number of likely N-dealkylation sites (tertiary alicyclic amines) is 1. The Morgan fingerprint density at radius 3 is 2.21 bits per heavy atom. The fourth-order valence-electron chi connectivity index (χ4n) is 10.2. The molecule has 2 amide bonds. The van der Waals surface area contributed by atoms with E-state index in [2.05, 4.69) is 87.5 Å². The standard InChI is InChI=1S/C48H54N2O5Si/c1-48(2,3)56(38-20-9-5-10-21-38,39-22-11-6-12-23-39)55-31-35-30-40-45(47(53)50(46(40)52)36-17-7-4-8-18-36)41-32-54-43(44(35)41)26-25-34(42-24-13-14-27-49-42)28-33-16-15-19-37(51)29-33/h5-6,9-16,19-24,27-29,36,40-41,43,45,51H,4,7-8,17-18,25-26,30-32H2,1-3H3/b34-28-/t40-,41+,43-,45-/m1/s1. The maximum absolute atomic E-state index is 14.5. The lowest BCUT2D eigenvalue weighted by atomic mass is 9.69. The zero-order chi connectivity index (χ0) is 38.9. The molecule has 4 aromatic rings. The summed E-state index contributed by atoms with van der Waals surface area (Å²) in [5, 5.41) is 12.4. The lowest BCUT2D eigenvalue weighted by molar-refractivity contribution is -0.143. The van der Waals surface area contributed by atoms with Crippen molar-refractivity contribution in [3.63, 3.8) is 0 Å². The van der Waals surface area contributed by atoms with Crippen LogP contribution in [0.15, 0.2) is 120 Å². The number of rotatable bonds is 11. The van der Waals surface area contributed by atoms with Gasteiger partial charge in [-0.1, -0.05) is 119 Å². The summed E-state index contributed by atoms with van der Waals surface area (Å²) in [4.78, 5) is 35.3. The van der Waals surface area contributed by atoms with E-state index in [1.165, 1.54) is 10.4 Å². The monoisotopic (exact) mass is 766 g/mol. The van der Waals surface area contributed by atoms with Crippen LogP contribution >= 0.6 is 0 Å². The molecule has 0 spiro atoms. The first-order chi connectivity index (χ1) is 27.2. The van der Waals surface area contributed by atoms with Crippen molar-refractivity contribution in [3.8, 4) is 5.75 Å². The second-order valence-electron chi connectivity index (χ2n) is 17.1. The van der Waals surface area contributed by atoms with Gasteiger partial charge in [0, 0.05) is 18.2 Å². The van der Waals surface area contributed by atoms with E-state index < -0.39 is 20.2 Å². The van der Waals surface area contributed by atoms with E-state index in [0.717, 1.165) is 60.1 Å². The Hall–Kier alpha value is -4.63. The normalized spacial score (nSPS) is 23.4. The van der Waals surface area contributed by atoms with E-state index in [4.69, 9.17) is 14.1 Å². The molecule has 3 heterocycles. The number of carbonyl (C=O) groups excluding carboxylic acids is 2. The van der Waals surface area contributed by atoms with Crippen LogP contribution in [0.25, 0.3) is 11.6 Å². The highest BCUT2D eigenvalue weighted by Crippen LogP contribution is 2.51. The van der Waals surface area contributed by atoms with E-state index in [1.807, 2.05) is 30.3 Å². The maximum Gasteiger partial charge on any atom is 0.261 e. The van der Waals surface area contributed by atoms with E-state index in [9.17, 15) is 14.7 Å². The first-order valence-electron chi connectivity index (χ1n) is 20.5. The molecule has 8 heteroatoms. The molecule has 0 bridgehead atoms. The van der Waals surface area contributed by atoms with Crippen LogP contribution in [-0.4, -0.2) is 60.5 Å². The van der Waals surface area contributed by atoms with Gasteiger partial charge in [0.1, 0.15) is 5.75 Å². The molecule has 2 aliphatic carbocycles. The highest BCUT2D eigenvalue weighted by molar-refractivity contribution is 6.99. The van der Waals surface area contributed by atoms with Crippen molar-refractivity contribution in [1.29, 1.82) is 0 Å². The molecular formula is C48H54N2O5Si. The molecular weight excluding hydrogens is 713 g/mol. The largest absolute Gasteiger partial charge is 0.508 e. The minimum Gasteiger partial charge on any atom is -0.508 e. The molecule has 3 fully saturated rings. The molecule has 7 nitrogen and oxygen atoms in total. The van der Waals surface area contributed by atoms with Crippen LogP contribution in [0.1, 0.15) is 83.4 Å². The predicted octanol–water partition coefficient (Wildman–Crippen LogP) is 8.33. The van der Waals surface area contributed by atoms with Crippen LogP contribution in [0.5, 0.6) is 5.75 Å². The number of hydrogen-bond donors (Lipinski definition) is 1. The SMILES string of the molecule is CC(C)(C)[Si](OCC1=C2[C@@H](CC/C(=C/c3cccc(O)c3)c3ccccn3)OC[C@@H]2[C@@H]2C(=O)N(C3CCCCC3)C(=O)[C@@H]2C1)(c1ccccc1)c1ccccc1. The Balaban J connectivity index is 1.18. The Kier molecular flexibility index (Phi) is 11.0. The molecule has 0 radical (unpaired) electrons. The number of pyridine rings is 1. The van der Waals surface area contributed by atoms with E-state index in [1.54, 1.807) is 23.2 Å². The quantitative estimate of drug-likeness (QED) is 0.0939. The van der Waals surface area contributed by atoms with Gasteiger partial charge in [-0.25, -0.2) is 0 Å². The van der Waals surface area contributed by atoms with Crippen LogP contribution in [-0.2, 0) is 18.8 Å². The Labute approximate surface area is 332 Å². The molecule has 2 saturated heterocycles. The van der Waals surface area contributed by atoms with Crippen LogP contribution in [0.3, 0.4) is 0 Å². The van der Waals surface area contributed by atoms with Gasteiger partial charge >= 0.3 is 0 Å². The Morgan fingerprint density at radius 1 is 0.875 bits per heavy atom. The first kappa shape index (κ1) is 38.3. The average molecular weight is 767 g/mol. The number of allylic oxidation sites excluding steroid dienone is 1. The third-order valence-corrected chi connectivity index (χ3v) is 17.7. The Morgan fingerprint density at radius 2 is 1.57 bits per heavy atom. The summed E-state index contributed by atoms with van der Waals surface area (Å²) >= 11 is 0. The van der Waals surface area contributed by atoms with Gasteiger partial charge in [0.05, 0.1) is 36.8 Å². The minimum absolute atomic E-state index is 0.00329. The third-order valence-electron chi connectivity index (χ3n) is 12.7. The lowest BCUT2D eigenvalue weighted by Gasteiger charge is -2.44. The summed E-state index contributed by atoms with van der Waals surface area (Å²) in [5.41, 5.74) is 5.09. The number of fused-ring (bicyclic) bond motifs is 3. The van der Waals surface area contributed by atoms with Crippen molar-refractivity contribution >= 4 is 42.2 Å². The average Bonchev–Trinajstić information content (AvgIpc) is 3.75. The van der Waals surface area contributed by atoms with Gasteiger partial charge < -0.3 is 14.3 Å². The number of phenolic OH excluding ortho intramolecular Hbond substituents is 1. The van der Waals surface area contributed by atoms with Gasteiger partial charge in [-0.2, -0.15) is 0 Å². The van der Waals surface area contributed by atoms with Gasteiger partial charge in [-0.15, -0.1) is 0 Å². The number of carbonyl (C=O) groups is 2. The van der Waals surface area contributed by atoms with Gasteiger partial charge in [-0.3, -0.25) is 19.5 Å². The summed E-state index contributed by atoms with van der Waals surface area (Å²) in [7, 11) is -2.91. The topological polar surface area (TPSA) is 89.0 Å². The number of aromatic hydroxyl groups is 1. The highest BCUT2D eigenvalue weighted by atomic mass is 28.4. The number of benzene rings is 3. The molecule has 1 aromatic heterocycles. The van der Waals surface area contributed by atoms with Gasteiger partial charge in [0.2, 0.25) is 11.8 Å². The molecule has 290 valence electrons. The number of imide groups is 1. The number of aromatic nitrogens is 1. The van der Waals surface area contributed by atoms with Gasteiger partial charge in [0.25, 0.3) is 8.32 Å². The fourth-order valence-corrected chi connectivity index (χ4v) is 14.8. The smallest absolute Gasteiger partial charge is 0.261 e. The van der Waals surface area contributed by atoms with Crippen molar-refractivity contribution in [2.24, 2.45) is 17.8 Å². The summed E-state index contributed by atoms with van der Waals surface area (Å²) in [6, 6.07) is 34.6. The molecule has 8 rings (SSSR count). The van der Waals surface area contributed by atoms with Crippen molar-refractivity contribution < 1.29 is 23.9 Å². The number of nitrogens with zero attached hydrogens (tertiary/aromatic N) is 2. The summed E-state index contributed by atoms with van der Waals surface area (Å²) < 4.78 is 14.3. The first-order valence-corrected chi connectivity index (χ1v) is 22.4. The van der Waals surface area contributed by atoms with Gasteiger partial charge in [-0.05, 0) is 100 Å². The Bertz CT molecular complexity index is 2050. The molecule has 3 aromatic carbocycles. The third kappa shape index (κ3) is 7.23. The number of amides is 2. The maximum atomic E-state index is 14.5. The fraction of sp³-hybridized carbons (Fsp3) is 0.396. The van der Waals surface area contributed by atoms with Crippen molar-refractivity contribution in [2.75, 3.05) is 13.2 Å². The zero-order valence-corrected chi connectivity index (χ0v) is 33.9. The minimum atomic E-state index is -2.91. The molecule has 1 saturated carbocycles. The summed E-state index contributed by atoms with van der Waals surface area (Å²) in [6.45, 7) is 7.65. The van der Waals surface area contributed by atoms with Crippen LogP contribution in [0.2, 0.25) is 5.04 Å². The van der Waals surface area contributed by atoms with E-state index >= 15 is 0 Å². The summed E-state index contributed by atoms with van der Waals surface area (Å²) in [6.07, 6.45) is 10.6. The van der Waals surface area contributed by atoms with E-state index in [0.29, 0.717) is 32.5 Å². The van der Waals surface area contributed by atoms with Crippen molar-refractivity contribution in [3.05, 3.63) is 132 Å². The molecule has 4 aliphatic rings. The van der Waals surface area contributed by atoms with Crippen LogP contribution in [0, 0.1) is 17.8 Å². The lowest BCUT2D eigenvalue weighted by Crippen LogP contribution is -2.66. The molecule has 1 N–H and O–H groups in total. The van der Waals surface area contributed by atoms with Crippen LogP contribution < -0.4 is 10.4 Å². The number of hydrogen-bond acceptors (Lipinski definition) is 6. The predicted molar refractivity (Wildman–Crippen MR) is 224 cm³/mol. The van der Waals surface area contributed by atoms with Crippen LogP contribution in [0.4, 0.5) is 0 Å². The number of ether oxygens (including phenoxy) is 1. The molecule has 4 atom stereocenters. The highest BCUT2D eigenvalue weighted by Gasteiger charge is 2.59.